The number of hydrogen-bond acceptors (Lipinski definition) is 13. The number of benzene rings is 1. The van der Waals surface area contributed by atoms with E-state index in [-0.39, 0.29) is 50.2 Å². The van der Waals surface area contributed by atoms with Crippen LogP contribution in [0.1, 0.15) is 105 Å². The zero-order valence-electron chi connectivity index (χ0n) is 48.5. The van der Waals surface area contributed by atoms with Crippen LogP contribution >= 0.6 is 11.8 Å². The van der Waals surface area contributed by atoms with E-state index >= 15 is 0 Å². The fourth-order valence-corrected chi connectivity index (χ4v) is 8.12. The van der Waals surface area contributed by atoms with Gasteiger partial charge < -0.3 is 64.1 Å². The van der Waals surface area contributed by atoms with Crippen molar-refractivity contribution in [3.8, 4) is 5.75 Å². The van der Waals surface area contributed by atoms with Crippen molar-refractivity contribution in [2.24, 2.45) is 29.0 Å². The Bertz CT molecular complexity index is 2430. The van der Waals surface area contributed by atoms with E-state index in [0.717, 1.165) is 16.7 Å². The fourth-order valence-electron chi connectivity index (χ4n) is 7.15. The van der Waals surface area contributed by atoms with E-state index in [2.05, 4.69) is 26.6 Å². The Morgan fingerprint density at radius 3 is 2.17 bits per heavy atom. The second-order valence-electron chi connectivity index (χ2n) is 16.3. The Hall–Kier alpha value is -6.46. The third kappa shape index (κ3) is 18.9. The summed E-state index contributed by atoms with van der Waals surface area (Å²) in [6.07, 6.45) is -6.54. The highest BCUT2D eigenvalue weighted by Gasteiger charge is 2.40. The number of thioether (sulfide) groups is 1. The van der Waals surface area contributed by atoms with Gasteiger partial charge in [-0.25, -0.2) is 0 Å². The summed E-state index contributed by atoms with van der Waals surface area (Å²) in [5.41, 5.74) is 16.6. The van der Waals surface area contributed by atoms with Crippen molar-refractivity contribution in [1.29, 1.82) is 0 Å². The monoisotopic (exact) mass is 998 g/mol. The van der Waals surface area contributed by atoms with E-state index < -0.39 is 165 Å². The summed E-state index contributed by atoms with van der Waals surface area (Å²) < 4.78 is 87.5. The number of methoxy groups -OCH3 is 1. The molecule has 23 nitrogen and oxygen atoms in total. The summed E-state index contributed by atoms with van der Waals surface area (Å²) in [5, 5.41) is 16.0. The Balaban J connectivity index is 2.14. The number of nitrogens with zero attached hydrogens (tertiary/aromatic N) is 1. The number of rotatable bonds is 18. The first-order chi connectivity index (χ1) is 36.6. The highest BCUT2D eigenvalue weighted by molar-refractivity contribution is 7.99. The minimum atomic E-state index is -4.39. The molecule has 0 spiro atoms. The van der Waals surface area contributed by atoms with E-state index in [1.807, 2.05) is 0 Å². The van der Waals surface area contributed by atoms with Gasteiger partial charge in [-0.2, -0.15) is 11.8 Å². The molecule has 1 aromatic rings. The number of nitrogens with two attached hydrogens (primary N) is 3. The lowest BCUT2D eigenvalue weighted by Gasteiger charge is -2.31. The average Bonchev–Trinajstić information content (AvgIpc) is 3.88. The van der Waals surface area contributed by atoms with Crippen LogP contribution in [0.15, 0.2) is 24.3 Å². The summed E-state index contributed by atoms with van der Waals surface area (Å²) in [6.45, 7) is -6.38. The van der Waals surface area contributed by atoms with Gasteiger partial charge in [0.1, 0.15) is 48.0 Å². The van der Waals surface area contributed by atoms with Gasteiger partial charge in [0.05, 0.1) is 21.4 Å². The molecule has 0 radical (unpaired) electrons. The van der Waals surface area contributed by atoms with E-state index in [1.54, 1.807) is 48.7 Å². The Morgan fingerprint density at radius 1 is 0.884 bits per heavy atom. The van der Waals surface area contributed by atoms with Crippen LogP contribution in [0.5, 0.6) is 5.75 Å². The Labute approximate surface area is 419 Å². The normalized spacial score (nSPS) is 26.5. The van der Waals surface area contributed by atoms with Crippen molar-refractivity contribution >= 4 is 76.7 Å². The highest BCUT2D eigenvalue weighted by Crippen LogP contribution is 2.22. The molecule has 382 valence electrons. The van der Waals surface area contributed by atoms with Crippen molar-refractivity contribution in [1.82, 2.24) is 42.1 Å². The summed E-state index contributed by atoms with van der Waals surface area (Å²) in [4.78, 5) is 150. The van der Waals surface area contributed by atoms with Gasteiger partial charge in [0.25, 0.3) is 0 Å². The van der Waals surface area contributed by atoms with E-state index in [0.29, 0.717) is 17.7 Å². The molecule has 2 aliphatic heterocycles. The number of nitrogens with one attached hydrogen (secondary N) is 7. The van der Waals surface area contributed by atoms with Gasteiger partial charge in [0.2, 0.25) is 65.0 Å². The number of hydrogen-bond donors (Lipinski definition) is 10. The molecule has 0 bridgehead atoms. The van der Waals surface area contributed by atoms with Crippen LogP contribution in [0.25, 0.3) is 0 Å². The predicted molar refractivity (Wildman–Crippen MR) is 253 cm³/mol. The highest BCUT2D eigenvalue weighted by atomic mass is 32.2. The molecule has 2 aliphatic rings. The lowest BCUT2D eigenvalue weighted by molar-refractivity contribution is -0.142. The summed E-state index contributed by atoms with van der Waals surface area (Å²) >= 11 is 0.981. The van der Waals surface area contributed by atoms with Gasteiger partial charge in [-0.1, -0.05) is 46.1 Å². The first-order valence-corrected chi connectivity index (χ1v) is 23.2. The molecule has 0 aromatic heterocycles. The molecule has 0 saturated carbocycles. The molecule has 11 amide bonds. The van der Waals surface area contributed by atoms with E-state index in [1.165, 1.54) is 7.11 Å². The average molecular weight is 998 g/mol. The molecular formula is C45H69N11O12S. The van der Waals surface area contributed by atoms with Crippen molar-refractivity contribution in [2.45, 2.75) is 134 Å². The molecule has 2 saturated heterocycles. The molecule has 3 rings (SSSR count). The Kier molecular flexibility index (Phi) is 17.4. The van der Waals surface area contributed by atoms with Gasteiger partial charge in [-0.05, 0) is 67.3 Å². The maximum absolute atomic E-state index is 14.7. The number of primary amides is 3. The van der Waals surface area contributed by atoms with Crippen LogP contribution in [0, 0.1) is 11.8 Å². The number of likely N-dealkylation sites (tertiary alicyclic amines) is 1. The van der Waals surface area contributed by atoms with Gasteiger partial charge >= 0.3 is 0 Å². The SMILES string of the molecule is [2H]C([2H])([2H])C([2H])(C([2H])([2H])[2H])C([2H])([2H])C([2H])(NC(=O)C1CCCN1C(=O)C1CSCCCC(=O)NC(Cc2ccc(OC)cc2)C(=O)NC(C(C)CC)C(=O)NC(CCC(N)=O)C(=O)NC(CC(N)=O)C(=O)N1)C(=O)NCC(N)=O. The lowest BCUT2D eigenvalue weighted by Crippen LogP contribution is -2.61. The van der Waals surface area contributed by atoms with Crippen LogP contribution < -0.4 is 59.2 Å². The summed E-state index contributed by atoms with van der Waals surface area (Å²) in [7, 11) is 1.46. The smallest absolute Gasteiger partial charge is 0.246 e. The molecule has 2 heterocycles. The molecule has 8 atom stereocenters. The van der Waals surface area contributed by atoms with Crippen molar-refractivity contribution in [3.05, 3.63) is 29.8 Å². The molecule has 8 unspecified atom stereocenters. The Morgan fingerprint density at radius 2 is 1.55 bits per heavy atom. The molecule has 0 aliphatic carbocycles. The largest absolute Gasteiger partial charge is 0.497 e. The second kappa shape index (κ2) is 28.1. The quantitative estimate of drug-likeness (QED) is 0.0728. The molecule has 1 aromatic carbocycles. The first kappa shape index (κ1) is 42.6. The lowest BCUT2D eigenvalue weighted by atomic mass is 9.96. The van der Waals surface area contributed by atoms with Crippen LogP contribution in [0.4, 0.5) is 0 Å². The van der Waals surface area contributed by atoms with Gasteiger partial charge in [-0.15, -0.1) is 0 Å². The van der Waals surface area contributed by atoms with Gasteiger partial charge in [-0.3, -0.25) is 52.7 Å². The third-order valence-corrected chi connectivity index (χ3v) is 12.1. The number of ether oxygens (including phenoxy) is 1. The number of amides is 11. The number of carbonyl (C=O) groups is 11. The molecule has 2 fully saturated rings. The van der Waals surface area contributed by atoms with Crippen LogP contribution in [0.3, 0.4) is 0 Å². The molecule has 13 N–H and O–H groups in total. The van der Waals surface area contributed by atoms with Crippen LogP contribution in [-0.4, -0.2) is 144 Å². The van der Waals surface area contributed by atoms with Crippen molar-refractivity contribution in [3.63, 3.8) is 0 Å². The molecule has 69 heavy (non-hydrogen) atoms. The zero-order valence-corrected chi connectivity index (χ0v) is 39.3. The van der Waals surface area contributed by atoms with Crippen LogP contribution in [0.2, 0.25) is 0 Å². The topological polar surface area (TPSA) is 363 Å². The molecule has 24 heteroatoms. The maximum Gasteiger partial charge on any atom is 0.246 e. The minimum Gasteiger partial charge on any atom is -0.497 e. The van der Waals surface area contributed by atoms with E-state index in [9.17, 15) is 52.7 Å². The molecular weight excluding hydrogens is 919 g/mol. The zero-order chi connectivity index (χ0) is 60.0. The standard InChI is InChI=1S/C45H69N11O12S/c1-6-25(4)38-44(66)51-28(15-16-34(46)57)40(62)52-31(21-35(47)58)41(63)54-32(23-69-18-8-10-37(60)50-30(42(64)55-38)20-26-11-13-27(68-5)14-12-26)45(67)56-17-7-9-33(56)43(65)53-29(19-24(2)3)39(61)49-22-36(48)59/h11-14,24-25,28-33,38H,6-10,15-23H2,1-5H3,(H2,46,57)(H2,47,58)(H2,48,59)(H,49,61)(H,50,60)(H,51,66)(H,52,62)(H,53,65)(H,54,63)(H,55,64)/i2D3,3D3,19D2,24D,29D. The first-order valence-electron chi connectivity index (χ1n) is 27.0. The third-order valence-electron chi connectivity index (χ3n) is 11.0. The predicted octanol–water partition coefficient (Wildman–Crippen LogP) is -2.50. The van der Waals surface area contributed by atoms with Gasteiger partial charge in [0, 0.05) is 43.9 Å². The number of carbonyl (C=O) groups excluding carboxylic acids is 11. The fraction of sp³-hybridized carbons (Fsp3) is 0.622. The van der Waals surface area contributed by atoms with Crippen molar-refractivity contribution < 1.29 is 71.2 Å². The summed E-state index contributed by atoms with van der Waals surface area (Å²) in [6, 6.07) is -7.24. The second-order valence-corrected chi connectivity index (χ2v) is 17.4. The minimum absolute atomic E-state index is 0.0282. The van der Waals surface area contributed by atoms with Gasteiger partial charge in [0.15, 0.2) is 0 Å². The van der Waals surface area contributed by atoms with E-state index in [4.69, 9.17) is 35.6 Å². The van der Waals surface area contributed by atoms with Crippen LogP contribution in [-0.2, 0) is 59.2 Å². The summed E-state index contributed by atoms with van der Waals surface area (Å²) in [5.74, 6) is -17.5. The maximum atomic E-state index is 14.7. The van der Waals surface area contributed by atoms with Crippen molar-refractivity contribution in [2.75, 3.05) is 31.7 Å².